The van der Waals surface area contributed by atoms with Crippen molar-refractivity contribution in [3.8, 4) is 39.8 Å². The van der Waals surface area contributed by atoms with E-state index in [2.05, 4.69) is 24.3 Å². The van der Waals surface area contributed by atoms with Crippen LogP contribution in [0.4, 0.5) is 0 Å². The maximum absolute atomic E-state index is 9.04. The van der Waals surface area contributed by atoms with E-state index in [0.717, 1.165) is 49.7 Å². The molecule has 0 aliphatic carbocycles. The van der Waals surface area contributed by atoms with Gasteiger partial charge in [0, 0.05) is 21.5 Å². The molecule has 6 aromatic rings. The Morgan fingerprint density at radius 1 is 0.706 bits per heavy atom. The Labute approximate surface area is 201 Å². The van der Waals surface area contributed by atoms with Crippen LogP contribution in [0, 0.1) is 11.3 Å². The molecule has 0 radical (unpaired) electrons. The van der Waals surface area contributed by atoms with Crippen molar-refractivity contribution in [2.75, 3.05) is 0 Å². The van der Waals surface area contributed by atoms with Crippen LogP contribution in [0.5, 0.6) is 0 Å². The van der Waals surface area contributed by atoms with E-state index >= 15 is 0 Å². The first-order chi connectivity index (χ1) is 16.7. The van der Waals surface area contributed by atoms with Crippen LogP contribution in [-0.4, -0.2) is 4.98 Å². The molecule has 0 saturated carbocycles. The fraction of sp³-hybridized carbons (Fsp3) is 0. The second-order valence-corrected chi connectivity index (χ2v) is 8.49. The minimum Gasteiger partial charge on any atom is -0.435 e. The number of aromatic nitrogens is 1. The van der Waals surface area contributed by atoms with Gasteiger partial charge in [-0.2, -0.15) is 5.26 Å². The molecular weight excluding hydrogens is 440 g/mol. The molecule has 0 fully saturated rings. The molecule has 0 atom stereocenters. The standard InChI is InChI=1S/C30H17ClN2O/c31-27-17-22(20-11-9-19(18-32)10-12-20)13-15-25(27)24-7-3-4-8-26(24)30-33-28-16-14-21-5-1-2-6-23(21)29(28)34-30/h1-17H. The third kappa shape index (κ3) is 3.42. The fourth-order valence-electron chi connectivity index (χ4n) is 4.33. The summed E-state index contributed by atoms with van der Waals surface area (Å²) in [5, 5.41) is 11.8. The lowest BCUT2D eigenvalue weighted by Crippen LogP contribution is -1.87. The lowest BCUT2D eigenvalue weighted by molar-refractivity contribution is 0.623. The number of oxazole rings is 1. The first kappa shape index (κ1) is 20.2. The quantitative estimate of drug-likeness (QED) is 0.268. The second kappa shape index (κ2) is 8.19. The minimum atomic E-state index is 0.564. The van der Waals surface area contributed by atoms with Crippen LogP contribution in [0.25, 0.3) is 55.6 Å². The molecule has 5 aromatic carbocycles. The smallest absolute Gasteiger partial charge is 0.227 e. The zero-order valence-corrected chi connectivity index (χ0v) is 18.8. The average Bonchev–Trinajstić information content (AvgIpc) is 3.34. The zero-order valence-electron chi connectivity index (χ0n) is 18.0. The molecule has 0 saturated heterocycles. The van der Waals surface area contributed by atoms with Crippen molar-refractivity contribution in [2.24, 2.45) is 0 Å². The monoisotopic (exact) mass is 456 g/mol. The predicted molar refractivity (Wildman–Crippen MR) is 138 cm³/mol. The average molecular weight is 457 g/mol. The Balaban J connectivity index is 1.45. The Hall–Kier alpha value is -4.39. The maximum atomic E-state index is 9.04. The number of hydrogen-bond acceptors (Lipinski definition) is 3. The lowest BCUT2D eigenvalue weighted by Gasteiger charge is -2.11. The summed E-state index contributed by atoms with van der Waals surface area (Å²) in [7, 11) is 0. The van der Waals surface area contributed by atoms with Crippen molar-refractivity contribution in [3.05, 3.63) is 114 Å². The largest absolute Gasteiger partial charge is 0.435 e. The summed E-state index contributed by atoms with van der Waals surface area (Å²) < 4.78 is 6.30. The number of halogens is 1. The predicted octanol–water partition coefficient (Wildman–Crippen LogP) is 8.51. The van der Waals surface area contributed by atoms with E-state index in [1.165, 1.54) is 0 Å². The number of nitrogens with zero attached hydrogens (tertiary/aromatic N) is 2. The summed E-state index contributed by atoms with van der Waals surface area (Å²) >= 11 is 6.79. The summed E-state index contributed by atoms with van der Waals surface area (Å²) in [5.74, 6) is 0.564. The van der Waals surface area contributed by atoms with Crippen molar-refractivity contribution in [2.45, 2.75) is 0 Å². The molecule has 6 rings (SSSR count). The van der Waals surface area contributed by atoms with E-state index in [4.69, 9.17) is 26.3 Å². The van der Waals surface area contributed by atoms with Crippen LogP contribution in [0.2, 0.25) is 5.02 Å². The highest BCUT2D eigenvalue weighted by molar-refractivity contribution is 6.33. The number of fused-ring (bicyclic) bond motifs is 3. The number of nitriles is 1. The van der Waals surface area contributed by atoms with Gasteiger partial charge in [0.25, 0.3) is 0 Å². The molecule has 0 aliphatic heterocycles. The Bertz CT molecular complexity index is 1730. The summed E-state index contributed by atoms with van der Waals surface area (Å²) in [6.45, 7) is 0. The van der Waals surface area contributed by atoms with Gasteiger partial charge in [-0.1, -0.05) is 84.4 Å². The van der Waals surface area contributed by atoms with Crippen LogP contribution < -0.4 is 0 Å². The highest BCUT2D eigenvalue weighted by Gasteiger charge is 2.17. The van der Waals surface area contributed by atoms with E-state index in [1.54, 1.807) is 0 Å². The fourth-order valence-corrected chi connectivity index (χ4v) is 4.61. The summed E-state index contributed by atoms with van der Waals surface area (Å²) in [6.07, 6.45) is 0. The normalized spacial score (nSPS) is 11.1. The van der Waals surface area contributed by atoms with Gasteiger partial charge in [-0.15, -0.1) is 0 Å². The number of rotatable bonds is 3. The van der Waals surface area contributed by atoms with Gasteiger partial charge >= 0.3 is 0 Å². The van der Waals surface area contributed by atoms with Crippen LogP contribution in [0.1, 0.15) is 5.56 Å². The number of benzene rings is 5. The minimum absolute atomic E-state index is 0.564. The van der Waals surface area contributed by atoms with Crippen molar-refractivity contribution in [1.29, 1.82) is 5.26 Å². The van der Waals surface area contributed by atoms with Gasteiger partial charge in [-0.3, -0.25) is 0 Å². The molecule has 0 spiro atoms. The van der Waals surface area contributed by atoms with Gasteiger partial charge in [0.05, 0.1) is 11.6 Å². The molecule has 1 heterocycles. The summed E-state index contributed by atoms with van der Waals surface area (Å²) in [5.41, 5.74) is 6.98. The van der Waals surface area contributed by atoms with Crippen LogP contribution in [0.15, 0.2) is 108 Å². The SMILES string of the molecule is N#Cc1ccc(-c2ccc(-c3ccccc3-c3nc4ccc5ccccc5c4o3)c(Cl)c2)cc1. The van der Waals surface area contributed by atoms with Crippen molar-refractivity contribution in [1.82, 2.24) is 4.98 Å². The molecule has 0 unspecified atom stereocenters. The third-order valence-corrected chi connectivity index (χ3v) is 6.36. The zero-order chi connectivity index (χ0) is 23.1. The van der Waals surface area contributed by atoms with Gasteiger partial charge < -0.3 is 4.42 Å². The highest BCUT2D eigenvalue weighted by atomic mass is 35.5. The highest BCUT2D eigenvalue weighted by Crippen LogP contribution is 2.39. The molecule has 34 heavy (non-hydrogen) atoms. The third-order valence-electron chi connectivity index (χ3n) is 6.04. The summed E-state index contributed by atoms with van der Waals surface area (Å²) in [6, 6.07) is 35.9. The molecule has 4 heteroatoms. The first-order valence-corrected chi connectivity index (χ1v) is 11.3. The van der Waals surface area contributed by atoms with Crippen LogP contribution in [0.3, 0.4) is 0 Å². The molecule has 1 aromatic heterocycles. The molecule has 0 aliphatic rings. The van der Waals surface area contributed by atoms with E-state index in [0.29, 0.717) is 16.5 Å². The molecule has 3 nitrogen and oxygen atoms in total. The Morgan fingerprint density at radius 3 is 2.24 bits per heavy atom. The molecule has 0 bridgehead atoms. The van der Waals surface area contributed by atoms with Gasteiger partial charge in [0.2, 0.25) is 5.89 Å². The van der Waals surface area contributed by atoms with Crippen molar-refractivity contribution < 1.29 is 4.42 Å². The first-order valence-electron chi connectivity index (χ1n) is 10.9. The van der Waals surface area contributed by atoms with Gasteiger partial charge in [-0.05, 0) is 52.4 Å². The van der Waals surface area contributed by atoms with Gasteiger partial charge in [0.15, 0.2) is 5.58 Å². The Kier molecular flexibility index (Phi) is 4.87. The van der Waals surface area contributed by atoms with E-state index in [1.807, 2.05) is 84.9 Å². The van der Waals surface area contributed by atoms with Gasteiger partial charge in [0.1, 0.15) is 5.52 Å². The van der Waals surface area contributed by atoms with Gasteiger partial charge in [-0.25, -0.2) is 4.98 Å². The van der Waals surface area contributed by atoms with Crippen LogP contribution in [-0.2, 0) is 0 Å². The molecular formula is C30H17ClN2O. The van der Waals surface area contributed by atoms with Crippen molar-refractivity contribution in [3.63, 3.8) is 0 Å². The topological polar surface area (TPSA) is 49.8 Å². The maximum Gasteiger partial charge on any atom is 0.227 e. The van der Waals surface area contributed by atoms with Crippen molar-refractivity contribution >= 4 is 33.5 Å². The molecule has 0 amide bonds. The summed E-state index contributed by atoms with van der Waals surface area (Å²) in [4.78, 5) is 4.79. The molecule has 0 N–H and O–H groups in total. The van der Waals surface area contributed by atoms with E-state index < -0.39 is 0 Å². The second-order valence-electron chi connectivity index (χ2n) is 8.08. The Morgan fingerprint density at radius 2 is 1.44 bits per heavy atom. The lowest BCUT2D eigenvalue weighted by atomic mass is 9.96. The van der Waals surface area contributed by atoms with E-state index in [-0.39, 0.29) is 0 Å². The van der Waals surface area contributed by atoms with Crippen LogP contribution >= 0.6 is 11.6 Å². The van der Waals surface area contributed by atoms with E-state index in [9.17, 15) is 0 Å². The molecule has 160 valence electrons. The number of hydrogen-bond donors (Lipinski definition) is 0.